The number of hydrogen-bond donors (Lipinski definition) is 0. The van der Waals surface area contributed by atoms with Crippen molar-refractivity contribution >= 4 is 7.82 Å². The van der Waals surface area contributed by atoms with Gasteiger partial charge in [-0.1, -0.05) is 134 Å². The van der Waals surface area contributed by atoms with Crippen LogP contribution >= 0.6 is 7.82 Å². The Bertz CT molecular complexity index is 1010. The van der Waals surface area contributed by atoms with E-state index >= 15 is 0 Å². The van der Waals surface area contributed by atoms with E-state index < -0.39 is 38.5 Å². The minimum absolute atomic E-state index is 0.0416. The summed E-state index contributed by atoms with van der Waals surface area (Å²) in [5.74, 6) is 0. The maximum absolute atomic E-state index is 14.0. The zero-order valence-corrected chi connectivity index (χ0v) is 37.2. The van der Waals surface area contributed by atoms with Gasteiger partial charge < -0.3 is 28.4 Å². The Hall–Kier alpha value is -1.33. The first-order valence-electron chi connectivity index (χ1n) is 22.0. The molecule has 10 nitrogen and oxygen atoms in total. The number of methoxy groups -OCH3 is 2. The van der Waals surface area contributed by atoms with Crippen LogP contribution in [-0.2, 0) is 46.6 Å². The molecule has 1 saturated heterocycles. The lowest BCUT2D eigenvalue weighted by atomic mass is 9.98. The number of phosphoric ester groups is 1. The lowest BCUT2D eigenvalue weighted by Gasteiger charge is -2.45. The van der Waals surface area contributed by atoms with Gasteiger partial charge in [0.15, 0.2) is 0 Å². The lowest BCUT2D eigenvalue weighted by Crippen LogP contribution is -2.61. The predicted octanol–water partition coefficient (Wildman–Crippen LogP) is 12.4. The minimum Gasteiger partial charge on any atom is -0.470 e. The highest BCUT2D eigenvalue weighted by molar-refractivity contribution is 7.48. The van der Waals surface area contributed by atoms with Crippen molar-refractivity contribution < 1.29 is 46.6 Å². The van der Waals surface area contributed by atoms with Crippen molar-refractivity contribution in [3.8, 4) is 0 Å². The molecule has 1 unspecified atom stereocenters. The highest BCUT2D eigenvalue weighted by Crippen LogP contribution is 2.52. The van der Waals surface area contributed by atoms with Gasteiger partial charge in [-0.2, -0.15) is 0 Å². The van der Waals surface area contributed by atoms with Crippen LogP contribution < -0.4 is 0 Å². The van der Waals surface area contributed by atoms with Gasteiger partial charge in [0.25, 0.3) is 0 Å². The van der Waals surface area contributed by atoms with E-state index in [-0.39, 0.29) is 25.9 Å². The number of hydrogen-bond acceptors (Lipinski definition) is 10. The topological polar surface area (TPSA) is 100 Å². The van der Waals surface area contributed by atoms with E-state index in [9.17, 15) is 4.57 Å². The molecule has 0 saturated carbocycles. The molecule has 1 rings (SSSR count). The zero-order chi connectivity index (χ0) is 41.0. The first-order valence-corrected chi connectivity index (χ1v) is 23.5. The van der Waals surface area contributed by atoms with Gasteiger partial charge in [-0.15, -0.1) is 13.2 Å². The van der Waals surface area contributed by atoms with E-state index in [1.54, 1.807) is 26.6 Å². The molecule has 1 fully saturated rings. The summed E-state index contributed by atoms with van der Waals surface area (Å²) in [5.41, 5.74) is 0. The van der Waals surface area contributed by atoms with Crippen molar-refractivity contribution in [3.05, 3.63) is 49.8 Å². The standard InChI is InChI=1S/C45H83O10P/c1-8-13-15-17-18-19-20-21-22-23-24-25-26-27-29-31-37-49-44-43(50-38-33-40(48-7)32-30-28-16-14-9-2)42(41(39-47-6)54-45(44)51-34-10-3)55-56(46,52-35-11-4)53-36-12-5/h10-12,19-20,34,40-45H,4-5,8-9,13-18,21-33,35-39H2,1-3,6-7H3/b20-19-,34-10+/t40-,41-,42-,43+,44-,45?/m1/s1. The lowest BCUT2D eigenvalue weighted by molar-refractivity contribution is -0.303. The summed E-state index contributed by atoms with van der Waals surface area (Å²) in [6.45, 7) is 14.6. The van der Waals surface area contributed by atoms with Crippen molar-refractivity contribution in [2.75, 3.05) is 47.3 Å². The summed E-state index contributed by atoms with van der Waals surface area (Å²) in [7, 11) is -0.811. The van der Waals surface area contributed by atoms with Crippen LogP contribution in [0.25, 0.3) is 0 Å². The highest BCUT2D eigenvalue weighted by Gasteiger charge is 2.52. The Labute approximate surface area is 343 Å². The fraction of sp³-hybridized carbons (Fsp3) is 0.822. The maximum atomic E-state index is 14.0. The molecule has 11 heteroatoms. The average Bonchev–Trinajstić information content (AvgIpc) is 3.20. The number of unbranched alkanes of at least 4 members (excludes halogenated alkanes) is 16. The fourth-order valence-electron chi connectivity index (χ4n) is 6.73. The summed E-state index contributed by atoms with van der Waals surface area (Å²) in [6.07, 6.45) is 31.9. The molecule has 6 atom stereocenters. The van der Waals surface area contributed by atoms with Gasteiger partial charge in [0.05, 0.1) is 32.2 Å². The van der Waals surface area contributed by atoms with Crippen LogP contribution in [-0.4, -0.2) is 84.1 Å². The van der Waals surface area contributed by atoms with Crippen LogP contribution in [0.1, 0.15) is 156 Å². The van der Waals surface area contributed by atoms with Crippen molar-refractivity contribution in [3.63, 3.8) is 0 Å². The first kappa shape index (κ1) is 52.7. The van der Waals surface area contributed by atoms with Crippen molar-refractivity contribution in [1.82, 2.24) is 0 Å². The fourth-order valence-corrected chi connectivity index (χ4v) is 8.06. The average molecular weight is 815 g/mol. The van der Waals surface area contributed by atoms with Crippen LogP contribution in [0.4, 0.5) is 0 Å². The molecular formula is C45H83O10P. The van der Waals surface area contributed by atoms with E-state index in [4.69, 9.17) is 42.0 Å². The van der Waals surface area contributed by atoms with E-state index in [2.05, 4.69) is 39.2 Å². The van der Waals surface area contributed by atoms with Gasteiger partial charge in [-0.05, 0) is 51.9 Å². The molecule has 1 aliphatic rings. The molecule has 328 valence electrons. The summed E-state index contributed by atoms with van der Waals surface area (Å²) in [6, 6.07) is 0. The van der Waals surface area contributed by atoms with Crippen LogP contribution in [0.15, 0.2) is 49.8 Å². The Balaban J connectivity index is 2.96. The normalized spacial score (nSPS) is 20.9. The Morgan fingerprint density at radius 2 is 1.23 bits per heavy atom. The second-order valence-electron chi connectivity index (χ2n) is 14.7. The van der Waals surface area contributed by atoms with Crippen LogP contribution in [0, 0.1) is 0 Å². The third-order valence-corrected chi connectivity index (χ3v) is 11.3. The summed E-state index contributed by atoms with van der Waals surface area (Å²) in [4.78, 5) is 0. The SMILES string of the molecule is C=CCOP(=O)(OCC=C)O[C@H]1[C@H](OCC[C@@H](CCCCCCC)OC)[C@@H](OCCCCCCCCCC/C=C\CCCCCC)C(O/C=C/C)O[C@@H]1COC. The molecule has 0 amide bonds. The van der Waals surface area contributed by atoms with Gasteiger partial charge in [0, 0.05) is 27.4 Å². The number of phosphoric acid groups is 1. The third kappa shape index (κ3) is 25.2. The molecule has 0 bridgehead atoms. The third-order valence-electron chi connectivity index (χ3n) is 9.90. The smallest absolute Gasteiger partial charge is 0.470 e. The zero-order valence-electron chi connectivity index (χ0n) is 36.3. The van der Waals surface area contributed by atoms with Crippen LogP contribution in [0.3, 0.4) is 0 Å². The van der Waals surface area contributed by atoms with Crippen molar-refractivity contribution in [2.45, 2.75) is 192 Å². The Kier molecular flexibility index (Phi) is 34.6. The molecule has 0 aromatic rings. The first-order chi connectivity index (χ1) is 27.4. The van der Waals surface area contributed by atoms with Crippen molar-refractivity contribution in [1.29, 1.82) is 0 Å². The Morgan fingerprint density at radius 3 is 1.80 bits per heavy atom. The van der Waals surface area contributed by atoms with Gasteiger partial charge in [-0.3, -0.25) is 13.6 Å². The van der Waals surface area contributed by atoms with E-state index in [1.165, 1.54) is 108 Å². The molecule has 0 spiro atoms. The summed E-state index contributed by atoms with van der Waals surface area (Å²) >= 11 is 0. The van der Waals surface area contributed by atoms with Gasteiger partial charge in [0.1, 0.15) is 24.4 Å². The maximum Gasteiger partial charge on any atom is 0.475 e. The second kappa shape index (κ2) is 36.7. The molecule has 56 heavy (non-hydrogen) atoms. The molecule has 0 aromatic heterocycles. The molecule has 0 N–H and O–H groups in total. The Morgan fingerprint density at radius 1 is 0.679 bits per heavy atom. The summed E-state index contributed by atoms with van der Waals surface area (Å²) in [5, 5.41) is 0. The van der Waals surface area contributed by atoms with Crippen LogP contribution in [0.2, 0.25) is 0 Å². The predicted molar refractivity (Wildman–Crippen MR) is 229 cm³/mol. The van der Waals surface area contributed by atoms with Gasteiger partial charge in [0.2, 0.25) is 6.29 Å². The minimum atomic E-state index is -4.13. The van der Waals surface area contributed by atoms with Crippen LogP contribution in [0.5, 0.6) is 0 Å². The monoisotopic (exact) mass is 815 g/mol. The molecule has 0 aliphatic carbocycles. The van der Waals surface area contributed by atoms with Crippen molar-refractivity contribution in [2.24, 2.45) is 0 Å². The molecule has 0 aromatic carbocycles. The quantitative estimate of drug-likeness (QED) is 0.0257. The molecule has 0 radical (unpaired) electrons. The van der Waals surface area contributed by atoms with Gasteiger partial charge in [-0.25, -0.2) is 4.57 Å². The largest absolute Gasteiger partial charge is 0.475 e. The van der Waals surface area contributed by atoms with E-state index in [0.29, 0.717) is 19.6 Å². The number of rotatable bonds is 40. The second-order valence-corrected chi connectivity index (χ2v) is 16.4. The van der Waals surface area contributed by atoms with E-state index in [0.717, 1.165) is 32.1 Å². The van der Waals surface area contributed by atoms with E-state index in [1.807, 2.05) is 6.92 Å². The number of ether oxygens (including phenoxy) is 6. The number of allylic oxidation sites excluding steroid dienone is 3. The molecule has 1 aliphatic heterocycles. The summed E-state index contributed by atoms with van der Waals surface area (Å²) < 4.78 is 68.6. The van der Waals surface area contributed by atoms with Gasteiger partial charge >= 0.3 is 7.82 Å². The highest BCUT2D eigenvalue weighted by atomic mass is 31.2. The molecule has 1 heterocycles. The molecular weight excluding hydrogens is 731 g/mol.